The highest BCUT2D eigenvalue weighted by Crippen LogP contribution is 2.46. The molecule has 0 aromatic carbocycles. The van der Waals surface area contributed by atoms with E-state index >= 15 is 0 Å². The molecule has 0 bridgehead atoms. The quantitative estimate of drug-likeness (QED) is 0.511. The van der Waals surface area contributed by atoms with Gasteiger partial charge in [-0.3, -0.25) is 4.79 Å². The predicted molar refractivity (Wildman–Crippen MR) is 90.9 cm³/mol. The van der Waals surface area contributed by atoms with Gasteiger partial charge in [-0.05, 0) is 31.7 Å². The first kappa shape index (κ1) is 17.7. The van der Waals surface area contributed by atoms with E-state index in [1.54, 1.807) is 18.7 Å². The number of nitrogens with zero attached hydrogens (tertiary/aromatic N) is 1. The third-order valence-corrected chi connectivity index (χ3v) is 8.15. The number of aliphatic hydroxyl groups excluding tert-OH is 1. The molecule has 1 fully saturated rings. The van der Waals surface area contributed by atoms with Crippen LogP contribution in [-0.2, 0) is 20.5 Å². The van der Waals surface area contributed by atoms with Gasteiger partial charge in [-0.25, -0.2) is 4.79 Å². The number of rotatable bonds is 8. The largest absolute Gasteiger partial charge is 0.477 e. The number of carboxylic acids is 1. The highest BCUT2D eigenvalue weighted by molar-refractivity contribution is 8.04. The van der Waals surface area contributed by atoms with E-state index in [0.29, 0.717) is 17.3 Å². The third kappa shape index (κ3) is 3.16. The fraction of sp³-hybridized carbons (Fsp3) is 0.733. The Kier molecular flexibility index (Phi) is 5.85. The fourth-order valence-electron chi connectivity index (χ4n) is 3.14. The molecule has 2 unspecified atom stereocenters. The summed E-state index contributed by atoms with van der Waals surface area (Å²) in [5, 5.41) is 19.1. The van der Waals surface area contributed by atoms with Crippen molar-refractivity contribution < 1.29 is 19.8 Å². The van der Waals surface area contributed by atoms with E-state index < -0.39 is 18.0 Å². The number of aliphatic carboxylic acids is 1. The van der Waals surface area contributed by atoms with Crippen molar-refractivity contribution >= 4 is 34.5 Å². The van der Waals surface area contributed by atoms with Crippen LogP contribution in [0, 0.1) is 5.92 Å². The zero-order chi connectivity index (χ0) is 16.4. The molecular formula is C15H24NO4S2+. The summed E-state index contributed by atoms with van der Waals surface area (Å²) in [5.74, 6) is 2.58. The molecule has 2 heterocycles. The summed E-state index contributed by atoms with van der Waals surface area (Å²) >= 11 is 1.57. The Morgan fingerprint density at radius 3 is 2.59 bits per heavy atom. The Morgan fingerprint density at radius 1 is 1.45 bits per heavy atom. The fourth-order valence-corrected chi connectivity index (χ4v) is 6.25. The van der Waals surface area contributed by atoms with Crippen LogP contribution in [0.4, 0.5) is 0 Å². The monoisotopic (exact) mass is 346 g/mol. The first-order valence-electron chi connectivity index (χ1n) is 7.66. The van der Waals surface area contributed by atoms with Crippen molar-refractivity contribution in [1.82, 2.24) is 4.90 Å². The predicted octanol–water partition coefficient (Wildman–Crippen LogP) is 1.29. The molecule has 2 aliphatic heterocycles. The van der Waals surface area contributed by atoms with Gasteiger partial charge in [0.05, 0.1) is 18.1 Å². The van der Waals surface area contributed by atoms with Crippen LogP contribution in [0.5, 0.6) is 0 Å². The van der Waals surface area contributed by atoms with Crippen LogP contribution in [0.25, 0.3) is 0 Å². The summed E-state index contributed by atoms with van der Waals surface area (Å²) in [6.07, 6.45) is -0.154. The molecule has 3 atom stereocenters. The summed E-state index contributed by atoms with van der Waals surface area (Å²) < 4.78 is 0. The summed E-state index contributed by atoms with van der Waals surface area (Å²) in [5.41, 5.74) is 0.143. The van der Waals surface area contributed by atoms with Gasteiger partial charge in [-0.1, -0.05) is 0 Å². The van der Waals surface area contributed by atoms with Crippen LogP contribution in [0.2, 0.25) is 0 Å². The molecule has 2 aliphatic rings. The van der Waals surface area contributed by atoms with Gasteiger partial charge in [0.2, 0.25) is 5.91 Å². The minimum Gasteiger partial charge on any atom is -0.477 e. The van der Waals surface area contributed by atoms with Crippen molar-refractivity contribution in [3.05, 3.63) is 10.6 Å². The normalized spacial score (nSPS) is 25.5. The lowest BCUT2D eigenvalue weighted by atomic mass is 9.83. The minimum atomic E-state index is -1.03. The molecule has 0 saturated carbocycles. The Morgan fingerprint density at radius 2 is 2.09 bits per heavy atom. The molecule has 1 amide bonds. The second-order valence-electron chi connectivity index (χ2n) is 5.57. The standard InChI is InChI=1S/C15H23NO4S2/c1-4-22(5-2)7-6-21-11-8-10-12(9(3)17)14(18)16(10)13(11)15(19)20/h9-10,12,17H,4-8H2,1-3H3/p+1/t9-,10?,12?/m1/s1. The summed E-state index contributed by atoms with van der Waals surface area (Å²) in [4.78, 5) is 25.8. The Hall–Kier alpha value is -0.660. The molecule has 5 nitrogen and oxygen atoms in total. The summed E-state index contributed by atoms with van der Waals surface area (Å²) in [6, 6.07) is -0.170. The maximum atomic E-state index is 12.1. The lowest BCUT2D eigenvalue weighted by molar-refractivity contribution is -0.161. The van der Waals surface area contributed by atoms with Crippen LogP contribution < -0.4 is 0 Å². The molecule has 0 radical (unpaired) electrons. The second-order valence-corrected chi connectivity index (χ2v) is 9.54. The van der Waals surface area contributed by atoms with E-state index in [0.717, 1.165) is 16.4 Å². The van der Waals surface area contributed by atoms with E-state index in [1.165, 1.54) is 16.4 Å². The molecule has 1 saturated heterocycles. The van der Waals surface area contributed by atoms with Crippen LogP contribution in [0.3, 0.4) is 0 Å². The maximum Gasteiger partial charge on any atom is 0.353 e. The van der Waals surface area contributed by atoms with Crippen LogP contribution >= 0.6 is 11.8 Å². The van der Waals surface area contributed by atoms with Crippen LogP contribution in [0.1, 0.15) is 27.2 Å². The number of carbonyl (C=O) groups excluding carboxylic acids is 1. The third-order valence-electron chi connectivity index (χ3n) is 4.36. The number of carbonyl (C=O) groups is 2. The van der Waals surface area contributed by atoms with Gasteiger partial charge < -0.3 is 15.1 Å². The van der Waals surface area contributed by atoms with E-state index in [9.17, 15) is 19.8 Å². The first-order valence-corrected chi connectivity index (χ1v) is 10.4. The molecule has 7 heteroatoms. The molecule has 124 valence electrons. The van der Waals surface area contributed by atoms with Gasteiger partial charge in [0.15, 0.2) is 0 Å². The molecule has 0 spiro atoms. The zero-order valence-electron chi connectivity index (χ0n) is 13.2. The van der Waals surface area contributed by atoms with Crippen molar-refractivity contribution in [2.45, 2.75) is 39.3 Å². The Bertz CT molecular complexity index is 488. The van der Waals surface area contributed by atoms with Gasteiger partial charge in [-0.15, -0.1) is 11.8 Å². The average Bonchev–Trinajstić information content (AvgIpc) is 2.77. The summed E-state index contributed by atoms with van der Waals surface area (Å²) in [7, 11) is 0.405. The molecule has 2 N–H and O–H groups in total. The SMILES string of the molecule is CC[S+](CC)CCSC1=C(C(=O)O)N2C(=O)C([C@@H](C)O)C2C1. The number of fused-ring (bicyclic) bond motifs is 1. The Labute approximate surface area is 138 Å². The Balaban J connectivity index is 2.04. The number of β-lactam (4-membered cyclic amide) rings is 1. The lowest BCUT2D eigenvalue weighted by Gasteiger charge is -2.44. The van der Waals surface area contributed by atoms with Crippen molar-refractivity contribution in [2.24, 2.45) is 5.92 Å². The van der Waals surface area contributed by atoms with Gasteiger partial charge in [0.25, 0.3) is 0 Å². The number of hydrogen-bond acceptors (Lipinski definition) is 4. The van der Waals surface area contributed by atoms with Crippen molar-refractivity contribution in [3.8, 4) is 0 Å². The van der Waals surface area contributed by atoms with Crippen molar-refractivity contribution in [1.29, 1.82) is 0 Å². The van der Waals surface area contributed by atoms with E-state index in [4.69, 9.17) is 0 Å². The van der Waals surface area contributed by atoms with Crippen LogP contribution in [-0.4, -0.2) is 62.1 Å². The first-order chi connectivity index (χ1) is 10.4. The van der Waals surface area contributed by atoms with Crippen LogP contribution in [0.15, 0.2) is 10.6 Å². The molecule has 22 heavy (non-hydrogen) atoms. The molecule has 0 aromatic rings. The zero-order valence-corrected chi connectivity index (χ0v) is 14.9. The van der Waals surface area contributed by atoms with Crippen molar-refractivity contribution in [3.63, 3.8) is 0 Å². The second kappa shape index (κ2) is 7.27. The maximum absolute atomic E-state index is 12.1. The highest BCUT2D eigenvalue weighted by atomic mass is 32.2. The van der Waals surface area contributed by atoms with E-state index in [1.807, 2.05) is 0 Å². The van der Waals surface area contributed by atoms with Gasteiger partial charge >= 0.3 is 5.97 Å². The van der Waals surface area contributed by atoms with Gasteiger partial charge in [0, 0.05) is 17.1 Å². The number of hydrogen-bond donors (Lipinski definition) is 2. The number of thioether (sulfide) groups is 1. The lowest BCUT2D eigenvalue weighted by Crippen LogP contribution is -2.61. The smallest absolute Gasteiger partial charge is 0.353 e. The number of carboxylic acid groups (broad SMARTS) is 1. The molecular weight excluding hydrogens is 322 g/mol. The topological polar surface area (TPSA) is 77.8 Å². The molecule has 2 rings (SSSR count). The number of amides is 1. The van der Waals surface area contributed by atoms with Crippen molar-refractivity contribution in [2.75, 3.05) is 23.0 Å². The van der Waals surface area contributed by atoms with E-state index in [2.05, 4.69) is 13.8 Å². The average molecular weight is 346 g/mol. The summed E-state index contributed by atoms with van der Waals surface area (Å²) in [6.45, 7) is 5.97. The van der Waals surface area contributed by atoms with Gasteiger partial charge in [-0.2, -0.15) is 0 Å². The molecule has 0 aliphatic carbocycles. The van der Waals surface area contributed by atoms with E-state index in [-0.39, 0.29) is 17.6 Å². The minimum absolute atomic E-state index is 0.143. The highest BCUT2D eigenvalue weighted by Gasteiger charge is 2.56. The number of aliphatic hydroxyl groups is 1. The molecule has 0 aromatic heterocycles. The van der Waals surface area contributed by atoms with Gasteiger partial charge in [0.1, 0.15) is 23.0 Å².